The average Bonchev–Trinajstić information content (AvgIpc) is 2.74. The zero-order valence-corrected chi connectivity index (χ0v) is 12.0. The molecule has 0 amide bonds. The van der Waals surface area contributed by atoms with Crippen LogP contribution in [-0.2, 0) is 0 Å². The highest BCUT2D eigenvalue weighted by Gasteiger charge is 2.07. The van der Waals surface area contributed by atoms with Crippen LogP contribution < -0.4 is 0 Å². The third-order valence-electron chi connectivity index (χ3n) is 2.84. The fraction of sp³-hybridized carbons (Fsp3) is 0.0714. The van der Waals surface area contributed by atoms with Crippen LogP contribution >= 0.6 is 27.5 Å². The standard InChI is InChI=1S/C14H10BrClN2/c1-9-6-12(16)7-18-8-13(17-14(9)18)10-2-4-11(15)5-3-10/h2-8H,1H3. The first-order valence-corrected chi connectivity index (χ1v) is 6.71. The predicted octanol–water partition coefficient (Wildman–Crippen LogP) is 4.73. The summed E-state index contributed by atoms with van der Waals surface area (Å²) in [6.45, 7) is 2.01. The van der Waals surface area contributed by atoms with Crippen molar-refractivity contribution in [2.24, 2.45) is 0 Å². The fourth-order valence-corrected chi connectivity index (χ4v) is 2.52. The van der Waals surface area contributed by atoms with Gasteiger partial charge in [0.15, 0.2) is 0 Å². The number of nitrogens with zero attached hydrogens (tertiary/aromatic N) is 2. The van der Waals surface area contributed by atoms with Crippen LogP contribution in [0.1, 0.15) is 5.56 Å². The second-order valence-electron chi connectivity index (χ2n) is 4.21. The number of hydrogen-bond acceptors (Lipinski definition) is 1. The van der Waals surface area contributed by atoms with E-state index in [1.54, 1.807) is 0 Å². The number of aromatic nitrogens is 2. The third kappa shape index (κ3) is 2.04. The van der Waals surface area contributed by atoms with E-state index in [1.807, 2.05) is 54.0 Å². The summed E-state index contributed by atoms with van der Waals surface area (Å²) >= 11 is 9.48. The van der Waals surface area contributed by atoms with Crippen molar-refractivity contribution in [2.45, 2.75) is 6.92 Å². The van der Waals surface area contributed by atoms with E-state index < -0.39 is 0 Å². The van der Waals surface area contributed by atoms with Gasteiger partial charge < -0.3 is 4.40 Å². The van der Waals surface area contributed by atoms with E-state index in [9.17, 15) is 0 Å². The van der Waals surface area contributed by atoms with Crippen LogP contribution in [0.5, 0.6) is 0 Å². The van der Waals surface area contributed by atoms with Gasteiger partial charge in [-0.15, -0.1) is 0 Å². The van der Waals surface area contributed by atoms with Gasteiger partial charge in [0.05, 0.1) is 10.7 Å². The minimum absolute atomic E-state index is 0.722. The Labute approximate surface area is 118 Å². The molecule has 3 rings (SSSR count). The molecule has 0 fully saturated rings. The second-order valence-corrected chi connectivity index (χ2v) is 5.56. The van der Waals surface area contributed by atoms with Crippen LogP contribution in [0, 0.1) is 6.92 Å². The number of imidazole rings is 1. The molecule has 0 bridgehead atoms. The van der Waals surface area contributed by atoms with Crippen LogP contribution in [0.15, 0.2) is 47.2 Å². The molecule has 0 aliphatic rings. The van der Waals surface area contributed by atoms with E-state index in [0.717, 1.165) is 32.0 Å². The quantitative estimate of drug-likeness (QED) is 0.633. The molecule has 1 aromatic carbocycles. The first-order valence-electron chi connectivity index (χ1n) is 5.54. The Kier molecular flexibility index (Phi) is 2.88. The lowest BCUT2D eigenvalue weighted by molar-refractivity contribution is 1.16. The van der Waals surface area contributed by atoms with E-state index in [0.29, 0.717) is 0 Å². The molecule has 0 radical (unpaired) electrons. The molecular formula is C14H10BrClN2. The second kappa shape index (κ2) is 4.41. The number of pyridine rings is 1. The van der Waals surface area contributed by atoms with Crippen molar-refractivity contribution in [3.05, 3.63) is 57.8 Å². The highest BCUT2D eigenvalue weighted by Crippen LogP contribution is 2.24. The van der Waals surface area contributed by atoms with E-state index in [4.69, 9.17) is 11.6 Å². The number of benzene rings is 1. The zero-order valence-electron chi connectivity index (χ0n) is 9.69. The molecule has 0 saturated carbocycles. The summed E-state index contributed by atoms with van der Waals surface area (Å²) in [5.74, 6) is 0. The zero-order chi connectivity index (χ0) is 12.7. The van der Waals surface area contributed by atoms with Crippen molar-refractivity contribution in [1.82, 2.24) is 9.38 Å². The fourth-order valence-electron chi connectivity index (χ4n) is 1.99. The maximum Gasteiger partial charge on any atom is 0.140 e. The minimum atomic E-state index is 0.722. The number of hydrogen-bond donors (Lipinski definition) is 0. The van der Waals surface area contributed by atoms with Gasteiger partial charge >= 0.3 is 0 Å². The van der Waals surface area contributed by atoms with Gasteiger partial charge in [-0.25, -0.2) is 4.98 Å². The van der Waals surface area contributed by atoms with Crippen LogP contribution in [0.2, 0.25) is 5.02 Å². The first-order chi connectivity index (χ1) is 8.63. The Bertz CT molecular complexity index is 716. The van der Waals surface area contributed by atoms with Crippen molar-refractivity contribution in [1.29, 1.82) is 0 Å². The molecule has 0 atom stereocenters. The van der Waals surface area contributed by atoms with Gasteiger partial charge in [-0.2, -0.15) is 0 Å². The Morgan fingerprint density at radius 2 is 1.89 bits per heavy atom. The Morgan fingerprint density at radius 1 is 1.17 bits per heavy atom. The molecule has 0 saturated heterocycles. The average molecular weight is 322 g/mol. The van der Waals surface area contributed by atoms with Gasteiger partial charge in [0, 0.05) is 22.4 Å². The number of rotatable bonds is 1. The molecule has 0 unspecified atom stereocenters. The van der Waals surface area contributed by atoms with Crippen LogP contribution in [-0.4, -0.2) is 9.38 Å². The van der Waals surface area contributed by atoms with Gasteiger partial charge in [0.25, 0.3) is 0 Å². The lowest BCUT2D eigenvalue weighted by Crippen LogP contribution is -1.85. The molecule has 0 N–H and O–H groups in total. The summed E-state index contributed by atoms with van der Waals surface area (Å²) in [6.07, 6.45) is 3.87. The highest BCUT2D eigenvalue weighted by atomic mass is 79.9. The van der Waals surface area contributed by atoms with E-state index in [1.165, 1.54) is 0 Å². The van der Waals surface area contributed by atoms with Gasteiger partial charge in [-0.1, -0.05) is 39.7 Å². The molecule has 2 heterocycles. The van der Waals surface area contributed by atoms with Gasteiger partial charge in [-0.3, -0.25) is 0 Å². The highest BCUT2D eigenvalue weighted by molar-refractivity contribution is 9.10. The van der Waals surface area contributed by atoms with Crippen molar-refractivity contribution in [3.63, 3.8) is 0 Å². The van der Waals surface area contributed by atoms with Crippen LogP contribution in [0.25, 0.3) is 16.9 Å². The lowest BCUT2D eigenvalue weighted by Gasteiger charge is -1.97. The number of aryl methyl sites for hydroxylation is 1. The SMILES string of the molecule is Cc1cc(Cl)cn2cc(-c3ccc(Br)cc3)nc12. The molecule has 2 aromatic heterocycles. The number of halogens is 2. The van der Waals surface area contributed by atoms with Gasteiger partial charge in [-0.05, 0) is 30.7 Å². The van der Waals surface area contributed by atoms with E-state index >= 15 is 0 Å². The molecular weight excluding hydrogens is 312 g/mol. The van der Waals surface area contributed by atoms with Crippen molar-refractivity contribution < 1.29 is 0 Å². The Hall–Kier alpha value is -1.32. The molecule has 0 spiro atoms. The Balaban J connectivity index is 2.19. The monoisotopic (exact) mass is 320 g/mol. The molecule has 90 valence electrons. The summed E-state index contributed by atoms with van der Waals surface area (Å²) in [5, 5.41) is 0.722. The lowest BCUT2D eigenvalue weighted by atomic mass is 10.2. The summed E-state index contributed by atoms with van der Waals surface area (Å²) in [5.41, 5.74) is 4.06. The normalized spacial score (nSPS) is 11.1. The molecule has 4 heteroatoms. The largest absolute Gasteiger partial charge is 0.305 e. The minimum Gasteiger partial charge on any atom is -0.305 e. The van der Waals surface area contributed by atoms with Crippen LogP contribution in [0.4, 0.5) is 0 Å². The Morgan fingerprint density at radius 3 is 2.61 bits per heavy atom. The number of fused-ring (bicyclic) bond motifs is 1. The van der Waals surface area contributed by atoms with Crippen molar-refractivity contribution >= 4 is 33.2 Å². The van der Waals surface area contributed by atoms with Crippen LogP contribution in [0.3, 0.4) is 0 Å². The summed E-state index contributed by atoms with van der Waals surface area (Å²) in [6, 6.07) is 10.0. The smallest absolute Gasteiger partial charge is 0.140 e. The van der Waals surface area contributed by atoms with E-state index in [-0.39, 0.29) is 0 Å². The van der Waals surface area contributed by atoms with Gasteiger partial charge in [0.2, 0.25) is 0 Å². The molecule has 2 nitrogen and oxygen atoms in total. The topological polar surface area (TPSA) is 17.3 Å². The third-order valence-corrected chi connectivity index (χ3v) is 3.58. The molecule has 18 heavy (non-hydrogen) atoms. The van der Waals surface area contributed by atoms with E-state index in [2.05, 4.69) is 20.9 Å². The summed E-state index contributed by atoms with van der Waals surface area (Å²) in [7, 11) is 0. The molecule has 3 aromatic rings. The molecule has 0 aliphatic heterocycles. The maximum absolute atomic E-state index is 6.05. The molecule has 0 aliphatic carbocycles. The summed E-state index contributed by atoms with van der Waals surface area (Å²) in [4.78, 5) is 4.64. The first kappa shape index (κ1) is 11.8. The van der Waals surface area contributed by atoms with Gasteiger partial charge in [0.1, 0.15) is 5.65 Å². The summed E-state index contributed by atoms with van der Waals surface area (Å²) < 4.78 is 3.03. The van der Waals surface area contributed by atoms with Crippen molar-refractivity contribution in [2.75, 3.05) is 0 Å². The maximum atomic E-state index is 6.05. The predicted molar refractivity (Wildman–Crippen MR) is 78.1 cm³/mol. The van der Waals surface area contributed by atoms with Crippen molar-refractivity contribution in [3.8, 4) is 11.3 Å².